The standard InChI is InChI=1S/C10H14O2S2/c1-3-11-7-5-9(13)10(14)6-8(7)12-4-2/h5-6,13-14H,3-4H2,1-2H3. The van der Waals surface area contributed by atoms with Gasteiger partial charge in [-0.1, -0.05) is 0 Å². The minimum absolute atomic E-state index is 0.610. The lowest BCUT2D eigenvalue weighted by Crippen LogP contribution is -1.98. The Hall–Kier alpha value is -0.480. The predicted molar refractivity (Wildman–Crippen MR) is 63.3 cm³/mol. The molecule has 0 unspecified atom stereocenters. The Labute approximate surface area is 95.4 Å². The lowest BCUT2D eigenvalue weighted by atomic mass is 10.3. The summed E-state index contributed by atoms with van der Waals surface area (Å²) in [6.45, 7) is 5.09. The molecule has 0 fully saturated rings. The molecule has 4 heteroatoms. The summed E-state index contributed by atoms with van der Waals surface area (Å²) in [6.07, 6.45) is 0. The molecular weight excluding hydrogens is 216 g/mol. The van der Waals surface area contributed by atoms with Gasteiger partial charge in [0.25, 0.3) is 0 Å². The van der Waals surface area contributed by atoms with E-state index in [4.69, 9.17) is 9.47 Å². The van der Waals surface area contributed by atoms with Crippen LogP contribution in [-0.4, -0.2) is 13.2 Å². The van der Waals surface area contributed by atoms with E-state index < -0.39 is 0 Å². The summed E-state index contributed by atoms with van der Waals surface area (Å²) in [4.78, 5) is 1.58. The van der Waals surface area contributed by atoms with Crippen LogP contribution in [0.1, 0.15) is 13.8 Å². The van der Waals surface area contributed by atoms with Crippen LogP contribution < -0.4 is 9.47 Å². The van der Waals surface area contributed by atoms with Crippen LogP contribution in [0.3, 0.4) is 0 Å². The first kappa shape index (κ1) is 11.6. The number of benzene rings is 1. The molecule has 14 heavy (non-hydrogen) atoms. The summed E-state index contributed by atoms with van der Waals surface area (Å²) in [6, 6.07) is 3.64. The van der Waals surface area contributed by atoms with Crippen molar-refractivity contribution in [1.82, 2.24) is 0 Å². The van der Waals surface area contributed by atoms with Gasteiger partial charge < -0.3 is 9.47 Å². The highest BCUT2D eigenvalue weighted by Crippen LogP contribution is 2.34. The van der Waals surface area contributed by atoms with Crippen LogP contribution in [0.25, 0.3) is 0 Å². The normalized spacial score (nSPS) is 10.0. The molecule has 1 rings (SSSR count). The van der Waals surface area contributed by atoms with E-state index in [1.165, 1.54) is 0 Å². The Morgan fingerprint density at radius 3 is 1.57 bits per heavy atom. The fraction of sp³-hybridized carbons (Fsp3) is 0.400. The third-order valence-electron chi connectivity index (χ3n) is 1.64. The van der Waals surface area contributed by atoms with Crippen molar-refractivity contribution in [3.63, 3.8) is 0 Å². The van der Waals surface area contributed by atoms with Crippen LogP contribution in [0.2, 0.25) is 0 Å². The highest BCUT2D eigenvalue weighted by atomic mass is 32.1. The number of ether oxygens (including phenoxy) is 2. The van der Waals surface area contributed by atoms with E-state index in [9.17, 15) is 0 Å². The smallest absolute Gasteiger partial charge is 0.162 e. The summed E-state index contributed by atoms with van der Waals surface area (Å²) in [5, 5.41) is 0. The zero-order valence-corrected chi connectivity index (χ0v) is 10.1. The highest BCUT2D eigenvalue weighted by molar-refractivity contribution is 7.83. The van der Waals surface area contributed by atoms with Gasteiger partial charge in [0.15, 0.2) is 11.5 Å². The van der Waals surface area contributed by atoms with E-state index >= 15 is 0 Å². The average Bonchev–Trinajstić information content (AvgIpc) is 2.14. The minimum Gasteiger partial charge on any atom is -0.490 e. The molecule has 0 aliphatic rings. The van der Waals surface area contributed by atoms with Gasteiger partial charge in [-0.05, 0) is 26.0 Å². The predicted octanol–water partition coefficient (Wildman–Crippen LogP) is 3.06. The van der Waals surface area contributed by atoms with Crippen molar-refractivity contribution in [3.8, 4) is 11.5 Å². The Kier molecular flexibility index (Phi) is 4.48. The summed E-state index contributed by atoms with van der Waals surface area (Å²) in [5.41, 5.74) is 0. The quantitative estimate of drug-likeness (QED) is 0.774. The maximum absolute atomic E-state index is 5.42. The molecule has 0 N–H and O–H groups in total. The molecule has 0 saturated heterocycles. The van der Waals surface area contributed by atoms with Gasteiger partial charge in [0.2, 0.25) is 0 Å². The average molecular weight is 230 g/mol. The van der Waals surface area contributed by atoms with Gasteiger partial charge in [0.1, 0.15) is 0 Å². The molecule has 1 aromatic carbocycles. The van der Waals surface area contributed by atoms with E-state index in [-0.39, 0.29) is 0 Å². The van der Waals surface area contributed by atoms with Crippen molar-refractivity contribution in [1.29, 1.82) is 0 Å². The fourth-order valence-electron chi connectivity index (χ4n) is 1.08. The largest absolute Gasteiger partial charge is 0.490 e. The van der Waals surface area contributed by atoms with Crippen LogP contribution in [-0.2, 0) is 0 Å². The molecule has 2 nitrogen and oxygen atoms in total. The zero-order chi connectivity index (χ0) is 10.6. The maximum Gasteiger partial charge on any atom is 0.162 e. The third-order valence-corrected chi connectivity index (χ3v) is 2.56. The molecule has 0 atom stereocenters. The van der Waals surface area contributed by atoms with Gasteiger partial charge in [-0.25, -0.2) is 0 Å². The number of rotatable bonds is 4. The van der Waals surface area contributed by atoms with E-state index in [1.807, 2.05) is 26.0 Å². The van der Waals surface area contributed by atoms with Crippen molar-refractivity contribution in [2.75, 3.05) is 13.2 Å². The molecule has 78 valence electrons. The summed E-state index contributed by atoms with van der Waals surface area (Å²) in [7, 11) is 0. The van der Waals surface area contributed by atoms with Gasteiger partial charge >= 0.3 is 0 Å². The van der Waals surface area contributed by atoms with Crippen molar-refractivity contribution < 1.29 is 9.47 Å². The zero-order valence-electron chi connectivity index (χ0n) is 8.28. The molecule has 0 aromatic heterocycles. The molecular formula is C10H14O2S2. The van der Waals surface area contributed by atoms with Gasteiger partial charge in [-0.15, -0.1) is 25.3 Å². The van der Waals surface area contributed by atoms with E-state index in [0.717, 1.165) is 21.3 Å². The number of hydrogen-bond donors (Lipinski definition) is 2. The highest BCUT2D eigenvalue weighted by Gasteiger charge is 2.07. The SMILES string of the molecule is CCOc1cc(S)c(S)cc1OCC. The summed E-state index contributed by atoms with van der Waals surface area (Å²) < 4.78 is 10.8. The van der Waals surface area contributed by atoms with Crippen molar-refractivity contribution in [2.24, 2.45) is 0 Å². The van der Waals surface area contributed by atoms with E-state index in [1.54, 1.807) is 0 Å². The summed E-state index contributed by atoms with van der Waals surface area (Å²) in [5.74, 6) is 1.44. The first-order valence-electron chi connectivity index (χ1n) is 4.50. The van der Waals surface area contributed by atoms with Crippen LogP contribution in [0.15, 0.2) is 21.9 Å². The Morgan fingerprint density at radius 2 is 1.29 bits per heavy atom. The maximum atomic E-state index is 5.42. The molecule has 0 amide bonds. The first-order chi connectivity index (χ1) is 6.69. The monoisotopic (exact) mass is 230 g/mol. The first-order valence-corrected chi connectivity index (χ1v) is 5.40. The third kappa shape index (κ3) is 2.75. The molecule has 0 heterocycles. The molecule has 0 aliphatic heterocycles. The van der Waals surface area contributed by atoms with Crippen molar-refractivity contribution in [2.45, 2.75) is 23.6 Å². The minimum atomic E-state index is 0.610. The number of hydrogen-bond acceptors (Lipinski definition) is 4. The molecule has 0 aliphatic carbocycles. The Bertz CT molecular complexity index is 282. The van der Waals surface area contributed by atoms with Gasteiger partial charge in [-0.3, -0.25) is 0 Å². The molecule has 0 bridgehead atoms. The van der Waals surface area contributed by atoms with Crippen LogP contribution in [0, 0.1) is 0 Å². The summed E-state index contributed by atoms with van der Waals surface area (Å²) >= 11 is 8.53. The van der Waals surface area contributed by atoms with E-state index in [0.29, 0.717) is 13.2 Å². The Morgan fingerprint density at radius 1 is 0.929 bits per heavy atom. The van der Waals surface area contributed by atoms with Crippen LogP contribution in [0.4, 0.5) is 0 Å². The second kappa shape index (κ2) is 5.41. The molecule has 0 saturated carbocycles. The van der Waals surface area contributed by atoms with Crippen LogP contribution in [0.5, 0.6) is 11.5 Å². The lowest BCUT2D eigenvalue weighted by Gasteiger charge is -2.12. The molecule has 0 spiro atoms. The molecule has 0 radical (unpaired) electrons. The van der Waals surface area contributed by atoms with E-state index in [2.05, 4.69) is 25.3 Å². The number of thiol groups is 2. The van der Waals surface area contributed by atoms with Gasteiger partial charge in [0, 0.05) is 9.79 Å². The van der Waals surface area contributed by atoms with Gasteiger partial charge in [-0.2, -0.15) is 0 Å². The topological polar surface area (TPSA) is 18.5 Å². The second-order valence-electron chi connectivity index (χ2n) is 2.65. The second-order valence-corrected chi connectivity index (χ2v) is 3.62. The molecule has 1 aromatic rings. The van der Waals surface area contributed by atoms with Gasteiger partial charge in [0.05, 0.1) is 13.2 Å². The Balaban J connectivity index is 3.03. The lowest BCUT2D eigenvalue weighted by molar-refractivity contribution is 0.286. The van der Waals surface area contributed by atoms with Crippen LogP contribution >= 0.6 is 25.3 Å². The van der Waals surface area contributed by atoms with Crippen molar-refractivity contribution >= 4 is 25.3 Å². The fourth-order valence-corrected chi connectivity index (χ4v) is 1.44. The van der Waals surface area contributed by atoms with Crippen molar-refractivity contribution in [3.05, 3.63) is 12.1 Å².